The molecule has 1 fully saturated rings. The molecule has 1 amide bonds. The molecule has 0 unspecified atom stereocenters. The number of aromatic nitrogens is 3. The molecule has 3 heterocycles. The molecule has 1 saturated heterocycles. The van der Waals surface area contributed by atoms with E-state index in [1.807, 2.05) is 6.07 Å². The average Bonchev–Trinajstić information content (AvgIpc) is 3.14. The summed E-state index contributed by atoms with van der Waals surface area (Å²) >= 11 is 0. The van der Waals surface area contributed by atoms with Gasteiger partial charge in [0, 0.05) is 44.6 Å². The largest absolute Gasteiger partial charge is 0.370 e. The summed E-state index contributed by atoms with van der Waals surface area (Å²) in [5.74, 6) is 0.599. The highest BCUT2D eigenvalue weighted by Gasteiger charge is 2.13. The van der Waals surface area contributed by atoms with Gasteiger partial charge in [-0.1, -0.05) is 0 Å². The monoisotopic (exact) mass is 312 g/mol. The lowest BCUT2D eigenvalue weighted by atomic mass is 10.3. The summed E-state index contributed by atoms with van der Waals surface area (Å²) in [7, 11) is 0. The van der Waals surface area contributed by atoms with Gasteiger partial charge in [-0.2, -0.15) is 5.10 Å². The van der Waals surface area contributed by atoms with Gasteiger partial charge in [0.2, 0.25) is 0 Å². The van der Waals surface area contributed by atoms with Crippen molar-refractivity contribution in [3.63, 3.8) is 0 Å². The van der Waals surface area contributed by atoms with Crippen molar-refractivity contribution in [2.24, 2.45) is 0 Å². The number of nitrogens with one attached hydrogen (secondary N) is 2. The number of anilines is 2. The Morgan fingerprint density at radius 3 is 2.87 bits per heavy atom. The van der Waals surface area contributed by atoms with Gasteiger partial charge >= 0.3 is 0 Å². The maximum atomic E-state index is 11.9. The average molecular weight is 312 g/mol. The van der Waals surface area contributed by atoms with E-state index in [0.29, 0.717) is 18.7 Å². The number of carbonyl (C=O) groups excluding carboxylic acids is 1. The van der Waals surface area contributed by atoms with Gasteiger partial charge in [0.05, 0.1) is 17.4 Å². The van der Waals surface area contributed by atoms with E-state index in [9.17, 15) is 4.79 Å². The molecule has 7 nitrogen and oxygen atoms in total. The quantitative estimate of drug-likeness (QED) is 0.783. The molecular formula is C16H20N6O. The molecule has 2 aromatic rings. The summed E-state index contributed by atoms with van der Waals surface area (Å²) in [5, 5.41) is 14.1. The third-order valence-electron chi connectivity index (χ3n) is 3.75. The third-order valence-corrected chi connectivity index (χ3v) is 3.75. The molecule has 23 heavy (non-hydrogen) atoms. The summed E-state index contributed by atoms with van der Waals surface area (Å²) in [4.78, 5) is 18.1. The van der Waals surface area contributed by atoms with Gasteiger partial charge in [0.15, 0.2) is 5.82 Å². The minimum Gasteiger partial charge on any atom is -0.370 e. The van der Waals surface area contributed by atoms with E-state index in [2.05, 4.69) is 30.7 Å². The Balaban J connectivity index is 1.45. The fourth-order valence-corrected chi connectivity index (χ4v) is 2.56. The van der Waals surface area contributed by atoms with Crippen LogP contribution in [-0.4, -0.2) is 47.3 Å². The first-order chi connectivity index (χ1) is 11.3. The zero-order valence-electron chi connectivity index (χ0n) is 12.9. The van der Waals surface area contributed by atoms with Crippen LogP contribution in [0.5, 0.6) is 0 Å². The molecule has 0 saturated carbocycles. The molecule has 120 valence electrons. The molecule has 0 atom stereocenters. The lowest BCUT2D eigenvalue weighted by Gasteiger charge is -2.17. The SMILES string of the molecule is O=C(NCCNc1cc(N2CCCC2)cnn1)c1cccnc1. The van der Waals surface area contributed by atoms with Crippen LogP contribution in [0.15, 0.2) is 36.8 Å². The number of nitrogens with zero attached hydrogens (tertiary/aromatic N) is 4. The van der Waals surface area contributed by atoms with Crippen molar-refractivity contribution < 1.29 is 4.79 Å². The summed E-state index contributed by atoms with van der Waals surface area (Å²) in [5.41, 5.74) is 1.66. The zero-order valence-corrected chi connectivity index (χ0v) is 12.9. The second-order valence-electron chi connectivity index (χ2n) is 5.42. The highest BCUT2D eigenvalue weighted by molar-refractivity contribution is 5.93. The van der Waals surface area contributed by atoms with Crippen LogP contribution < -0.4 is 15.5 Å². The van der Waals surface area contributed by atoms with Crippen LogP contribution >= 0.6 is 0 Å². The zero-order chi connectivity index (χ0) is 15.9. The summed E-state index contributed by atoms with van der Waals surface area (Å²) in [6.45, 7) is 3.24. The van der Waals surface area contributed by atoms with Crippen LogP contribution in [0.2, 0.25) is 0 Å². The molecule has 3 rings (SSSR count). The standard InChI is InChI=1S/C16H20N6O/c23-16(13-4-3-5-17-11-13)19-7-6-18-15-10-14(12-20-21-15)22-8-1-2-9-22/h3-5,10-12H,1-2,6-9H2,(H,18,21)(H,19,23). The second kappa shape index (κ2) is 7.53. The molecule has 1 aliphatic rings. The van der Waals surface area contributed by atoms with Crippen molar-refractivity contribution in [1.82, 2.24) is 20.5 Å². The number of rotatable bonds is 6. The van der Waals surface area contributed by atoms with Gasteiger partial charge < -0.3 is 15.5 Å². The Morgan fingerprint density at radius 2 is 2.09 bits per heavy atom. The Bertz CT molecular complexity index is 642. The summed E-state index contributed by atoms with van der Waals surface area (Å²) in [6.07, 6.45) is 7.44. The predicted molar refractivity (Wildman–Crippen MR) is 88.5 cm³/mol. The molecule has 7 heteroatoms. The summed E-state index contributed by atoms with van der Waals surface area (Å²) in [6, 6.07) is 5.48. The Hall–Kier alpha value is -2.70. The Morgan fingerprint density at radius 1 is 1.22 bits per heavy atom. The number of hydrogen-bond acceptors (Lipinski definition) is 6. The lowest BCUT2D eigenvalue weighted by Crippen LogP contribution is -2.29. The Kier molecular flexibility index (Phi) is 4.98. The highest BCUT2D eigenvalue weighted by Crippen LogP contribution is 2.20. The minimum atomic E-state index is -0.128. The van der Waals surface area contributed by atoms with Crippen molar-refractivity contribution in [3.8, 4) is 0 Å². The van der Waals surface area contributed by atoms with E-state index >= 15 is 0 Å². The third kappa shape index (κ3) is 4.15. The minimum absolute atomic E-state index is 0.128. The molecule has 0 aliphatic carbocycles. The first-order valence-corrected chi connectivity index (χ1v) is 7.83. The van der Waals surface area contributed by atoms with Crippen LogP contribution in [0.25, 0.3) is 0 Å². The highest BCUT2D eigenvalue weighted by atomic mass is 16.1. The fraction of sp³-hybridized carbons (Fsp3) is 0.375. The molecule has 2 N–H and O–H groups in total. The first kappa shape index (κ1) is 15.2. The number of pyridine rings is 1. The van der Waals surface area contributed by atoms with Gasteiger partial charge in [-0.15, -0.1) is 5.10 Å². The van der Waals surface area contributed by atoms with E-state index < -0.39 is 0 Å². The number of amides is 1. The van der Waals surface area contributed by atoms with Crippen LogP contribution in [0, 0.1) is 0 Å². The topological polar surface area (TPSA) is 83.0 Å². The van der Waals surface area contributed by atoms with E-state index in [-0.39, 0.29) is 5.91 Å². The second-order valence-corrected chi connectivity index (χ2v) is 5.42. The normalized spacial score (nSPS) is 13.8. The maximum absolute atomic E-state index is 11.9. The molecule has 2 aromatic heterocycles. The molecule has 0 aromatic carbocycles. The van der Waals surface area contributed by atoms with Gasteiger partial charge in [0.1, 0.15) is 0 Å². The van der Waals surface area contributed by atoms with Crippen LogP contribution in [0.1, 0.15) is 23.2 Å². The lowest BCUT2D eigenvalue weighted by molar-refractivity contribution is 0.0955. The predicted octanol–water partition coefficient (Wildman–Crippen LogP) is 1.31. The molecule has 1 aliphatic heterocycles. The van der Waals surface area contributed by atoms with Gasteiger partial charge in [0.25, 0.3) is 5.91 Å². The number of carbonyl (C=O) groups is 1. The van der Waals surface area contributed by atoms with Crippen LogP contribution in [0.4, 0.5) is 11.5 Å². The van der Waals surface area contributed by atoms with E-state index in [1.54, 1.807) is 30.7 Å². The van der Waals surface area contributed by atoms with Crippen LogP contribution in [0.3, 0.4) is 0 Å². The van der Waals surface area contributed by atoms with E-state index in [0.717, 1.165) is 24.6 Å². The smallest absolute Gasteiger partial charge is 0.252 e. The van der Waals surface area contributed by atoms with Crippen molar-refractivity contribution in [1.29, 1.82) is 0 Å². The van der Waals surface area contributed by atoms with E-state index in [4.69, 9.17) is 0 Å². The molecular weight excluding hydrogens is 292 g/mol. The molecule has 0 spiro atoms. The van der Waals surface area contributed by atoms with Crippen molar-refractivity contribution in [2.45, 2.75) is 12.8 Å². The molecule has 0 radical (unpaired) electrons. The van der Waals surface area contributed by atoms with Crippen molar-refractivity contribution in [2.75, 3.05) is 36.4 Å². The molecule has 0 bridgehead atoms. The van der Waals surface area contributed by atoms with Crippen LogP contribution in [-0.2, 0) is 0 Å². The number of hydrogen-bond donors (Lipinski definition) is 2. The van der Waals surface area contributed by atoms with Crippen molar-refractivity contribution in [3.05, 3.63) is 42.4 Å². The van der Waals surface area contributed by atoms with Gasteiger partial charge in [-0.25, -0.2) is 0 Å². The summed E-state index contributed by atoms with van der Waals surface area (Å²) < 4.78 is 0. The van der Waals surface area contributed by atoms with Gasteiger partial charge in [-0.05, 0) is 25.0 Å². The Labute approximate surface area is 135 Å². The first-order valence-electron chi connectivity index (χ1n) is 7.83. The van der Waals surface area contributed by atoms with Crippen molar-refractivity contribution >= 4 is 17.4 Å². The maximum Gasteiger partial charge on any atom is 0.252 e. The van der Waals surface area contributed by atoms with E-state index in [1.165, 1.54) is 12.8 Å². The fourth-order valence-electron chi connectivity index (χ4n) is 2.56. The van der Waals surface area contributed by atoms with Gasteiger partial charge in [-0.3, -0.25) is 9.78 Å².